The molecule has 0 radical (unpaired) electrons. The molecule has 7 nitrogen and oxygen atoms in total. The Labute approximate surface area is 111 Å². The van der Waals surface area contributed by atoms with Crippen LogP contribution in [0.2, 0.25) is 0 Å². The first-order chi connectivity index (χ1) is 8.95. The maximum absolute atomic E-state index is 12.0. The van der Waals surface area contributed by atoms with E-state index in [-0.39, 0.29) is 18.4 Å². The highest BCUT2D eigenvalue weighted by molar-refractivity contribution is 5.87. The number of nitrogens with one attached hydrogen (secondary N) is 1. The van der Waals surface area contributed by atoms with E-state index in [0.29, 0.717) is 19.4 Å². The van der Waals surface area contributed by atoms with Crippen molar-refractivity contribution >= 4 is 17.8 Å². The summed E-state index contributed by atoms with van der Waals surface area (Å²) in [6.07, 6.45) is -0.158. The van der Waals surface area contributed by atoms with Gasteiger partial charge in [0.15, 0.2) is 6.10 Å². The summed E-state index contributed by atoms with van der Waals surface area (Å²) in [5.41, 5.74) is 0. The predicted octanol–water partition coefficient (Wildman–Crippen LogP) is -0.397. The van der Waals surface area contributed by atoms with E-state index in [4.69, 9.17) is 9.84 Å². The largest absolute Gasteiger partial charge is 0.479 e. The lowest BCUT2D eigenvalue weighted by atomic mass is 10.2. The van der Waals surface area contributed by atoms with Crippen LogP contribution < -0.4 is 5.32 Å². The smallest absolute Gasteiger partial charge is 0.332 e. The average molecular weight is 272 g/mol. The molecule has 0 spiro atoms. The van der Waals surface area contributed by atoms with Crippen molar-refractivity contribution in [3.63, 3.8) is 0 Å². The molecule has 108 valence electrons. The number of carboxylic acid groups (broad SMARTS) is 1. The summed E-state index contributed by atoms with van der Waals surface area (Å²) < 4.78 is 5.15. The van der Waals surface area contributed by atoms with Crippen molar-refractivity contribution < 1.29 is 24.2 Å². The second-order valence-corrected chi connectivity index (χ2v) is 4.57. The highest BCUT2D eigenvalue weighted by Gasteiger charge is 2.36. The van der Waals surface area contributed by atoms with Crippen molar-refractivity contribution in [2.75, 3.05) is 20.1 Å². The molecule has 0 saturated carbocycles. The number of nitrogens with zero attached hydrogens (tertiary/aromatic N) is 1. The van der Waals surface area contributed by atoms with Gasteiger partial charge in [-0.25, -0.2) is 4.79 Å². The second kappa shape index (κ2) is 7.08. The number of carbonyl (C=O) groups excluding carboxylic acids is 2. The van der Waals surface area contributed by atoms with Crippen LogP contribution in [0.15, 0.2) is 0 Å². The fourth-order valence-electron chi connectivity index (χ4n) is 1.86. The molecule has 1 heterocycles. The first kappa shape index (κ1) is 15.4. The summed E-state index contributed by atoms with van der Waals surface area (Å²) in [7, 11) is 1.51. The van der Waals surface area contributed by atoms with E-state index in [9.17, 15) is 14.4 Å². The summed E-state index contributed by atoms with van der Waals surface area (Å²) in [6.45, 7) is 2.46. The molecule has 2 unspecified atom stereocenters. The van der Waals surface area contributed by atoms with Crippen molar-refractivity contribution in [3.05, 3.63) is 0 Å². The van der Waals surface area contributed by atoms with Crippen LogP contribution in [-0.2, 0) is 19.1 Å². The molecule has 1 rings (SSSR count). The lowest BCUT2D eigenvalue weighted by molar-refractivity contribution is -0.155. The van der Waals surface area contributed by atoms with E-state index < -0.39 is 18.2 Å². The van der Waals surface area contributed by atoms with Crippen LogP contribution in [0.25, 0.3) is 0 Å². The van der Waals surface area contributed by atoms with Gasteiger partial charge in [0.1, 0.15) is 6.10 Å². The molecule has 2 amide bonds. The minimum atomic E-state index is -1.06. The summed E-state index contributed by atoms with van der Waals surface area (Å²) in [5.74, 6) is -1.64. The minimum Gasteiger partial charge on any atom is -0.479 e. The van der Waals surface area contributed by atoms with Gasteiger partial charge in [-0.2, -0.15) is 0 Å². The highest BCUT2D eigenvalue weighted by Crippen LogP contribution is 2.21. The molecular formula is C12H20N2O5. The molecule has 0 bridgehead atoms. The van der Waals surface area contributed by atoms with E-state index in [1.807, 2.05) is 6.92 Å². The quantitative estimate of drug-likeness (QED) is 0.686. The van der Waals surface area contributed by atoms with Crippen LogP contribution >= 0.6 is 0 Å². The van der Waals surface area contributed by atoms with Gasteiger partial charge in [-0.15, -0.1) is 0 Å². The third-order valence-corrected chi connectivity index (χ3v) is 2.90. The van der Waals surface area contributed by atoms with Gasteiger partial charge in [-0.3, -0.25) is 9.59 Å². The maximum Gasteiger partial charge on any atom is 0.332 e. The number of carbonyl (C=O) groups is 3. The number of hydrogen-bond acceptors (Lipinski definition) is 4. The predicted molar refractivity (Wildman–Crippen MR) is 66.5 cm³/mol. The normalized spacial score (nSPS) is 22.0. The zero-order valence-electron chi connectivity index (χ0n) is 11.2. The van der Waals surface area contributed by atoms with Crippen molar-refractivity contribution in [1.82, 2.24) is 10.2 Å². The molecule has 2 N–H and O–H groups in total. The van der Waals surface area contributed by atoms with Gasteiger partial charge >= 0.3 is 5.97 Å². The van der Waals surface area contributed by atoms with E-state index in [1.54, 1.807) is 0 Å². The number of hydrogen-bond donors (Lipinski definition) is 2. The van der Waals surface area contributed by atoms with Gasteiger partial charge < -0.3 is 20.1 Å². The first-order valence-electron chi connectivity index (χ1n) is 6.35. The topological polar surface area (TPSA) is 95.9 Å². The lowest BCUT2D eigenvalue weighted by Gasteiger charge is -2.20. The fraction of sp³-hybridized carbons (Fsp3) is 0.750. The monoisotopic (exact) mass is 272 g/mol. The Balaban J connectivity index is 2.41. The van der Waals surface area contributed by atoms with Crippen LogP contribution in [0.4, 0.5) is 0 Å². The summed E-state index contributed by atoms with van der Waals surface area (Å²) in [6, 6.07) is 0. The summed E-state index contributed by atoms with van der Waals surface area (Å²) in [4.78, 5) is 35.4. The standard InChI is InChI=1S/C12H20N2O5/c1-3-6-13-10(15)7-14(2)11(16)8-4-5-9(19-8)12(17)18/h8-9H,3-7H2,1-2H3,(H,13,15)(H,17,18). The zero-order valence-corrected chi connectivity index (χ0v) is 11.2. The van der Waals surface area contributed by atoms with Gasteiger partial charge in [0.05, 0.1) is 6.54 Å². The second-order valence-electron chi connectivity index (χ2n) is 4.57. The van der Waals surface area contributed by atoms with Gasteiger partial charge in [-0.1, -0.05) is 6.92 Å². The van der Waals surface area contributed by atoms with Gasteiger partial charge in [0.2, 0.25) is 5.91 Å². The van der Waals surface area contributed by atoms with E-state index in [1.165, 1.54) is 11.9 Å². The van der Waals surface area contributed by atoms with Gasteiger partial charge in [-0.05, 0) is 19.3 Å². The van der Waals surface area contributed by atoms with Gasteiger partial charge in [0.25, 0.3) is 5.91 Å². The number of carboxylic acids is 1. The molecule has 1 fully saturated rings. The number of rotatable bonds is 6. The van der Waals surface area contributed by atoms with Crippen molar-refractivity contribution in [2.24, 2.45) is 0 Å². The molecule has 0 aromatic heterocycles. The molecule has 0 aliphatic carbocycles. The number of ether oxygens (including phenoxy) is 1. The van der Waals surface area contributed by atoms with Crippen LogP contribution in [0, 0.1) is 0 Å². The van der Waals surface area contributed by atoms with Crippen LogP contribution in [-0.4, -0.2) is 60.1 Å². The summed E-state index contributed by atoms with van der Waals surface area (Å²) >= 11 is 0. The Morgan fingerprint density at radius 2 is 1.95 bits per heavy atom. The molecule has 7 heteroatoms. The Bertz CT molecular complexity index is 358. The molecule has 1 aliphatic rings. The lowest BCUT2D eigenvalue weighted by Crippen LogP contribution is -2.43. The maximum atomic E-state index is 12.0. The molecule has 2 atom stereocenters. The van der Waals surface area contributed by atoms with E-state index in [0.717, 1.165) is 6.42 Å². The number of likely N-dealkylation sites (N-methyl/N-ethyl adjacent to an activating group) is 1. The van der Waals surface area contributed by atoms with E-state index >= 15 is 0 Å². The highest BCUT2D eigenvalue weighted by atomic mass is 16.5. The van der Waals surface area contributed by atoms with Crippen molar-refractivity contribution in [1.29, 1.82) is 0 Å². The Morgan fingerprint density at radius 3 is 2.47 bits per heavy atom. The van der Waals surface area contributed by atoms with E-state index in [2.05, 4.69) is 5.32 Å². The minimum absolute atomic E-state index is 0.0452. The molecule has 1 aliphatic heterocycles. The SMILES string of the molecule is CCCNC(=O)CN(C)C(=O)C1CCC(C(=O)O)O1. The van der Waals surface area contributed by atoms with Crippen molar-refractivity contribution in [3.8, 4) is 0 Å². The average Bonchev–Trinajstić information content (AvgIpc) is 2.84. The molecule has 1 saturated heterocycles. The fourth-order valence-corrected chi connectivity index (χ4v) is 1.86. The molecule has 0 aromatic rings. The zero-order chi connectivity index (χ0) is 14.4. The molecule has 0 aromatic carbocycles. The Morgan fingerprint density at radius 1 is 1.32 bits per heavy atom. The van der Waals surface area contributed by atoms with Crippen LogP contribution in [0.5, 0.6) is 0 Å². The molecule has 19 heavy (non-hydrogen) atoms. The number of amides is 2. The molecular weight excluding hydrogens is 252 g/mol. The van der Waals surface area contributed by atoms with Crippen LogP contribution in [0.3, 0.4) is 0 Å². The first-order valence-corrected chi connectivity index (χ1v) is 6.35. The number of aliphatic carboxylic acids is 1. The Kier molecular flexibility index (Phi) is 5.75. The third kappa shape index (κ3) is 4.51. The third-order valence-electron chi connectivity index (χ3n) is 2.90. The van der Waals surface area contributed by atoms with Crippen LogP contribution in [0.1, 0.15) is 26.2 Å². The van der Waals surface area contributed by atoms with Crippen molar-refractivity contribution in [2.45, 2.75) is 38.4 Å². The Hall–Kier alpha value is -1.63. The van der Waals surface area contributed by atoms with Gasteiger partial charge in [0, 0.05) is 13.6 Å². The summed E-state index contributed by atoms with van der Waals surface area (Å²) in [5, 5.41) is 11.4.